The highest BCUT2D eigenvalue weighted by Gasteiger charge is 2.24. The third-order valence-electron chi connectivity index (χ3n) is 3.98. The number of nitrogens with zero attached hydrogens (tertiary/aromatic N) is 2. The van der Waals surface area contributed by atoms with Crippen molar-refractivity contribution in [2.75, 3.05) is 7.11 Å². The van der Waals surface area contributed by atoms with Crippen molar-refractivity contribution in [3.05, 3.63) is 69.7 Å². The second kappa shape index (κ2) is 6.64. The van der Waals surface area contributed by atoms with Crippen LogP contribution in [0.5, 0.6) is 5.75 Å². The standard InChI is InChI=1S/C18H17N3O4/c1-11-5-4-6-15(12(11)2)19-17(22)16-18(23)25-20-21(16)13-7-9-14(24-3)10-8-13/h4-10H,1-3H3,(H-,19,20,22,23). The molecule has 25 heavy (non-hydrogen) atoms. The van der Waals surface area contributed by atoms with E-state index in [9.17, 15) is 9.90 Å². The van der Waals surface area contributed by atoms with Gasteiger partial charge in [0.25, 0.3) is 0 Å². The van der Waals surface area contributed by atoms with Crippen molar-refractivity contribution < 1.29 is 19.0 Å². The van der Waals surface area contributed by atoms with Gasteiger partial charge in [-0.2, -0.15) is 0 Å². The maximum Gasteiger partial charge on any atom is 0.436 e. The Hall–Kier alpha value is -3.35. The summed E-state index contributed by atoms with van der Waals surface area (Å²) < 4.78 is 11.2. The van der Waals surface area contributed by atoms with E-state index in [1.165, 1.54) is 4.68 Å². The Morgan fingerprint density at radius 3 is 2.60 bits per heavy atom. The van der Waals surface area contributed by atoms with Gasteiger partial charge in [0.1, 0.15) is 5.75 Å². The molecule has 0 saturated carbocycles. The van der Waals surface area contributed by atoms with Crippen LogP contribution in [0.3, 0.4) is 0 Å². The summed E-state index contributed by atoms with van der Waals surface area (Å²) in [5, 5.41) is 15.0. The highest BCUT2D eigenvalue weighted by atomic mass is 16.5. The first kappa shape index (κ1) is 16.5. The van der Waals surface area contributed by atoms with E-state index in [-0.39, 0.29) is 5.69 Å². The quantitative estimate of drug-likeness (QED) is 0.440. The first-order valence-electron chi connectivity index (χ1n) is 7.61. The van der Waals surface area contributed by atoms with Crippen molar-refractivity contribution in [1.29, 1.82) is 0 Å². The van der Waals surface area contributed by atoms with Gasteiger partial charge in [0.05, 0.1) is 18.7 Å². The highest BCUT2D eigenvalue weighted by Crippen LogP contribution is 2.21. The summed E-state index contributed by atoms with van der Waals surface area (Å²) in [5.41, 5.74) is 1.98. The third kappa shape index (κ3) is 3.16. The summed E-state index contributed by atoms with van der Waals surface area (Å²) >= 11 is 0. The summed E-state index contributed by atoms with van der Waals surface area (Å²) in [6.45, 7) is 3.81. The van der Waals surface area contributed by atoms with Crippen LogP contribution in [-0.2, 0) is 0 Å². The number of aliphatic imine (C=N–C) groups is 1. The third-order valence-corrected chi connectivity index (χ3v) is 3.98. The van der Waals surface area contributed by atoms with Crippen LogP contribution in [0.15, 0.2) is 56.8 Å². The fourth-order valence-corrected chi connectivity index (χ4v) is 2.39. The summed E-state index contributed by atoms with van der Waals surface area (Å²) in [6, 6.07) is 12.3. The van der Waals surface area contributed by atoms with Crippen molar-refractivity contribution in [2.24, 2.45) is 4.99 Å². The maximum absolute atomic E-state index is 12.6. The van der Waals surface area contributed by atoms with Crippen molar-refractivity contribution in [1.82, 2.24) is 5.27 Å². The van der Waals surface area contributed by atoms with E-state index in [0.29, 0.717) is 17.1 Å². The Balaban J connectivity index is 2.08. The molecule has 7 nitrogen and oxygen atoms in total. The number of aryl methyl sites for hydroxylation is 1. The fraction of sp³-hybridized carbons (Fsp3) is 0.167. The molecule has 0 unspecified atom stereocenters. The summed E-state index contributed by atoms with van der Waals surface area (Å²) in [7, 11) is 1.56. The molecule has 3 aromatic rings. The number of hydrogen-bond acceptors (Lipinski definition) is 5. The minimum Gasteiger partial charge on any atom is -0.854 e. The molecule has 0 aliphatic heterocycles. The maximum atomic E-state index is 12.6. The number of methoxy groups -OCH3 is 1. The van der Waals surface area contributed by atoms with Crippen LogP contribution in [0.4, 0.5) is 5.69 Å². The molecular formula is C18H17N3O4. The molecule has 2 aromatic carbocycles. The van der Waals surface area contributed by atoms with Crippen molar-refractivity contribution in [3.63, 3.8) is 0 Å². The van der Waals surface area contributed by atoms with Crippen LogP contribution in [0.2, 0.25) is 0 Å². The average molecular weight is 339 g/mol. The number of rotatable bonds is 4. The molecule has 0 bridgehead atoms. The van der Waals surface area contributed by atoms with Gasteiger partial charge in [-0.05, 0) is 53.1 Å². The first-order chi connectivity index (χ1) is 12.0. The summed E-state index contributed by atoms with van der Waals surface area (Å²) in [4.78, 5) is 16.1. The largest absolute Gasteiger partial charge is 0.854 e. The zero-order chi connectivity index (χ0) is 18.0. The molecule has 0 fully saturated rings. The molecule has 0 saturated heterocycles. The highest BCUT2D eigenvalue weighted by molar-refractivity contribution is 5.89. The predicted octanol–water partition coefficient (Wildman–Crippen LogP) is 1.31. The Kier molecular flexibility index (Phi) is 4.38. The topological polar surface area (TPSA) is 94.5 Å². The minimum atomic E-state index is -0.783. The lowest BCUT2D eigenvalue weighted by atomic mass is 10.1. The van der Waals surface area contributed by atoms with E-state index >= 15 is 0 Å². The van der Waals surface area contributed by atoms with Gasteiger partial charge in [0.15, 0.2) is 0 Å². The van der Waals surface area contributed by atoms with E-state index in [1.54, 1.807) is 37.4 Å². The lowest BCUT2D eigenvalue weighted by Crippen LogP contribution is -2.44. The molecule has 1 aromatic heterocycles. The van der Waals surface area contributed by atoms with Crippen LogP contribution in [0.25, 0.3) is 5.69 Å². The van der Waals surface area contributed by atoms with Gasteiger partial charge in [-0.25, -0.2) is 4.79 Å². The van der Waals surface area contributed by atoms with Crippen LogP contribution < -0.4 is 20.2 Å². The number of ether oxygens (including phenoxy) is 1. The van der Waals surface area contributed by atoms with E-state index in [1.807, 2.05) is 26.0 Å². The second-order valence-electron chi connectivity index (χ2n) is 5.50. The van der Waals surface area contributed by atoms with Gasteiger partial charge in [-0.3, -0.25) is 9.52 Å². The molecule has 0 spiro atoms. The number of benzene rings is 2. The van der Waals surface area contributed by atoms with Gasteiger partial charge in [-0.1, -0.05) is 12.1 Å². The van der Waals surface area contributed by atoms with Gasteiger partial charge in [0.2, 0.25) is 5.69 Å². The van der Waals surface area contributed by atoms with Crippen molar-refractivity contribution >= 4 is 11.6 Å². The van der Waals surface area contributed by atoms with Crippen LogP contribution in [0, 0.1) is 13.8 Å². The van der Waals surface area contributed by atoms with Crippen LogP contribution in [-0.4, -0.2) is 18.3 Å². The normalized spacial score (nSPS) is 11.6. The van der Waals surface area contributed by atoms with Crippen LogP contribution >= 0.6 is 0 Å². The predicted molar refractivity (Wildman–Crippen MR) is 89.5 cm³/mol. The first-order valence-corrected chi connectivity index (χ1v) is 7.61. The molecule has 3 rings (SSSR count). The van der Waals surface area contributed by atoms with E-state index < -0.39 is 11.5 Å². The zero-order valence-electron chi connectivity index (χ0n) is 14.1. The molecule has 1 heterocycles. The number of aromatic nitrogens is 2. The van der Waals surface area contributed by atoms with Gasteiger partial charge in [-0.15, -0.1) is 0 Å². The zero-order valence-corrected chi connectivity index (χ0v) is 14.1. The molecule has 0 aliphatic carbocycles. The molecule has 1 N–H and O–H groups in total. The lowest BCUT2D eigenvalue weighted by Gasteiger charge is -2.08. The number of hydrogen-bond donors (Lipinski definition) is 1. The second-order valence-corrected chi connectivity index (χ2v) is 5.50. The molecular weight excluding hydrogens is 322 g/mol. The van der Waals surface area contributed by atoms with E-state index in [0.717, 1.165) is 11.1 Å². The van der Waals surface area contributed by atoms with Gasteiger partial charge >= 0.3 is 11.3 Å². The molecule has 7 heteroatoms. The van der Waals surface area contributed by atoms with Gasteiger partial charge < -0.3 is 9.84 Å². The molecule has 0 aliphatic rings. The number of nitrogens with one attached hydrogen (secondary N) is 1. The number of H-pyrrole nitrogens is 1. The lowest BCUT2D eigenvalue weighted by molar-refractivity contribution is -0.673. The molecule has 128 valence electrons. The van der Waals surface area contributed by atoms with Gasteiger partial charge in [0, 0.05) is 12.1 Å². The minimum absolute atomic E-state index is 0.203. The Morgan fingerprint density at radius 1 is 1.20 bits per heavy atom. The average Bonchev–Trinajstić information content (AvgIpc) is 3.00. The SMILES string of the molecule is COc1ccc(-[n+]2[nH]oc(=O)c2C([O-])=Nc2cccc(C)c2C)cc1. The monoisotopic (exact) mass is 339 g/mol. The van der Waals surface area contributed by atoms with E-state index in [2.05, 4.69) is 10.3 Å². The fourth-order valence-electron chi connectivity index (χ4n) is 2.39. The molecule has 0 atom stereocenters. The Labute approximate surface area is 143 Å². The van der Waals surface area contributed by atoms with Crippen molar-refractivity contribution in [3.8, 4) is 11.4 Å². The summed E-state index contributed by atoms with van der Waals surface area (Å²) in [5.74, 6) is -0.0253. The van der Waals surface area contributed by atoms with Crippen molar-refractivity contribution in [2.45, 2.75) is 13.8 Å². The summed E-state index contributed by atoms with van der Waals surface area (Å²) in [6.07, 6.45) is 0. The van der Waals surface area contributed by atoms with Crippen LogP contribution in [0.1, 0.15) is 16.8 Å². The number of aromatic amines is 1. The van der Waals surface area contributed by atoms with E-state index in [4.69, 9.17) is 9.26 Å². The molecule has 0 amide bonds. The Morgan fingerprint density at radius 2 is 1.92 bits per heavy atom. The molecule has 0 radical (unpaired) electrons. The smallest absolute Gasteiger partial charge is 0.436 e. The Bertz CT molecular complexity index is 984.